The molecule has 262 valence electrons. The Bertz CT molecular complexity index is 1620. The minimum atomic E-state index is -4.88. The van der Waals surface area contributed by atoms with E-state index in [1.165, 1.54) is 25.2 Å². The third-order valence-electron chi connectivity index (χ3n) is 8.09. The van der Waals surface area contributed by atoms with Gasteiger partial charge in [0.05, 0.1) is 41.2 Å². The smallest absolute Gasteiger partial charge is 0.339 e. The van der Waals surface area contributed by atoms with Crippen molar-refractivity contribution in [3.05, 3.63) is 52.7 Å². The zero-order valence-corrected chi connectivity index (χ0v) is 27.2. The van der Waals surface area contributed by atoms with Crippen LogP contribution < -0.4 is 10.6 Å². The number of imidazole rings is 1. The molecular formula is C29H33Cl2F5N8O4. The van der Waals surface area contributed by atoms with Gasteiger partial charge in [-0.25, -0.2) is 4.98 Å². The molecule has 0 saturated carbocycles. The van der Waals surface area contributed by atoms with Gasteiger partial charge < -0.3 is 29.7 Å². The van der Waals surface area contributed by atoms with Gasteiger partial charge in [0.25, 0.3) is 11.8 Å². The quantitative estimate of drug-likeness (QED) is 0.318. The van der Waals surface area contributed by atoms with Gasteiger partial charge in [-0.3, -0.25) is 19.1 Å². The number of hydrogen-bond acceptors (Lipinski definition) is 7. The van der Waals surface area contributed by atoms with Crippen molar-refractivity contribution in [2.24, 2.45) is 13.0 Å². The van der Waals surface area contributed by atoms with Crippen LogP contribution in [-0.2, 0) is 29.3 Å². The molecule has 0 spiro atoms. The molecule has 2 fully saturated rings. The van der Waals surface area contributed by atoms with Gasteiger partial charge >= 0.3 is 12.8 Å². The molecule has 3 amide bonds. The summed E-state index contributed by atoms with van der Waals surface area (Å²) in [6.45, 7) is -0.853. The third kappa shape index (κ3) is 8.43. The van der Waals surface area contributed by atoms with Gasteiger partial charge in [0.2, 0.25) is 5.91 Å². The summed E-state index contributed by atoms with van der Waals surface area (Å²) >= 11 is 6.43. The number of carbonyl (C=O) groups is 3. The van der Waals surface area contributed by atoms with E-state index in [1.54, 1.807) is 9.80 Å². The van der Waals surface area contributed by atoms with Crippen LogP contribution in [0.3, 0.4) is 0 Å². The molecule has 3 aromatic rings. The fourth-order valence-electron chi connectivity index (χ4n) is 5.62. The third-order valence-corrected chi connectivity index (χ3v) is 8.40. The van der Waals surface area contributed by atoms with Crippen molar-refractivity contribution in [1.29, 1.82) is 0 Å². The number of aromatic nitrogens is 4. The van der Waals surface area contributed by atoms with Gasteiger partial charge in [-0.15, -0.1) is 12.4 Å². The number of halogens is 7. The van der Waals surface area contributed by atoms with Crippen LogP contribution in [0, 0.1) is 5.92 Å². The zero-order chi connectivity index (χ0) is 33.9. The molecule has 2 saturated heterocycles. The first kappa shape index (κ1) is 37.0. The molecule has 0 unspecified atom stereocenters. The Labute approximate surface area is 282 Å². The van der Waals surface area contributed by atoms with E-state index in [4.69, 9.17) is 11.6 Å². The average molecular weight is 724 g/mol. The number of anilines is 1. The molecule has 2 aromatic heterocycles. The van der Waals surface area contributed by atoms with E-state index < -0.39 is 36.6 Å². The fourth-order valence-corrected chi connectivity index (χ4v) is 5.88. The zero-order valence-electron chi connectivity index (χ0n) is 25.6. The van der Waals surface area contributed by atoms with Crippen LogP contribution in [0.2, 0.25) is 5.02 Å². The first-order valence-corrected chi connectivity index (χ1v) is 15.2. The summed E-state index contributed by atoms with van der Waals surface area (Å²) in [6, 6.07) is 4.30. The first-order chi connectivity index (χ1) is 22.3. The van der Waals surface area contributed by atoms with Crippen molar-refractivity contribution >= 4 is 47.4 Å². The number of nitrogens with zero attached hydrogens (tertiary/aromatic N) is 6. The Morgan fingerprint density at radius 3 is 2.40 bits per heavy atom. The molecule has 2 aliphatic heterocycles. The van der Waals surface area contributed by atoms with Gasteiger partial charge in [0, 0.05) is 51.0 Å². The minimum absolute atomic E-state index is 0. The SMILES string of the molecule is Cl.Cn1c(-c2cn(CCOC(F)F)nc2C(F)(F)F)cnc1C(=O)Nc1ccc(C(=O)N2CCN(C(=O)C3CCNCC3)CC2)c(Cl)c1. The Kier molecular flexibility index (Phi) is 12.0. The van der Waals surface area contributed by atoms with Crippen LogP contribution in [0.1, 0.15) is 39.5 Å². The second-order valence-electron chi connectivity index (χ2n) is 11.1. The standard InChI is InChI=1S/C29H32ClF5N8O4.ClH/c1-40-22(20-16-43(12-13-47-28(31)32)39-23(20)29(33,34)35)15-37-24(40)25(44)38-18-2-3-19(21(30)14-18)27(46)42-10-8-41(9-11-42)26(45)17-4-6-36-7-5-17;/h2-3,14-17,28,36H,4-13H2,1H3,(H,38,44);1H. The normalized spacial score (nSPS) is 15.8. The van der Waals surface area contributed by atoms with Crippen molar-refractivity contribution in [1.82, 2.24) is 34.4 Å². The lowest BCUT2D eigenvalue weighted by molar-refractivity contribution is -0.142. The summed E-state index contributed by atoms with van der Waals surface area (Å²) in [5.41, 5.74) is -1.38. The number of amides is 3. The second-order valence-corrected chi connectivity index (χ2v) is 11.5. The second kappa shape index (κ2) is 15.6. The molecule has 12 nitrogen and oxygen atoms in total. The van der Waals surface area contributed by atoms with Gasteiger partial charge in [-0.2, -0.15) is 27.1 Å². The summed E-state index contributed by atoms with van der Waals surface area (Å²) in [4.78, 5) is 46.5. The lowest BCUT2D eigenvalue weighted by Gasteiger charge is -2.37. The molecule has 0 radical (unpaired) electrons. The molecule has 5 rings (SSSR count). The summed E-state index contributed by atoms with van der Waals surface area (Å²) in [7, 11) is 1.34. The number of nitrogens with one attached hydrogen (secondary N) is 2. The Balaban J connectivity index is 0.00000520. The molecule has 0 bridgehead atoms. The lowest BCUT2D eigenvalue weighted by atomic mass is 9.96. The van der Waals surface area contributed by atoms with Crippen LogP contribution in [0.5, 0.6) is 0 Å². The van der Waals surface area contributed by atoms with Crippen molar-refractivity contribution < 1.29 is 41.1 Å². The lowest BCUT2D eigenvalue weighted by Crippen LogP contribution is -2.52. The van der Waals surface area contributed by atoms with Gasteiger partial charge in [0.15, 0.2) is 11.5 Å². The average Bonchev–Trinajstić information content (AvgIpc) is 3.64. The van der Waals surface area contributed by atoms with Gasteiger partial charge in [0.1, 0.15) is 0 Å². The summed E-state index contributed by atoms with van der Waals surface area (Å²) in [5, 5.41) is 9.37. The number of piperidine rings is 1. The molecule has 0 aliphatic carbocycles. The van der Waals surface area contributed by atoms with E-state index in [0.29, 0.717) is 26.2 Å². The number of rotatable bonds is 9. The predicted molar refractivity (Wildman–Crippen MR) is 166 cm³/mol. The number of benzene rings is 1. The van der Waals surface area contributed by atoms with Crippen LogP contribution in [0.15, 0.2) is 30.6 Å². The highest BCUT2D eigenvalue weighted by Gasteiger charge is 2.39. The van der Waals surface area contributed by atoms with Crippen LogP contribution in [0.4, 0.5) is 27.6 Å². The topological polar surface area (TPSA) is 127 Å². The summed E-state index contributed by atoms with van der Waals surface area (Å²) < 4.78 is 71.9. The van der Waals surface area contributed by atoms with Crippen molar-refractivity contribution in [2.75, 3.05) is 51.2 Å². The van der Waals surface area contributed by atoms with E-state index in [0.717, 1.165) is 47.6 Å². The maximum atomic E-state index is 13.8. The summed E-state index contributed by atoms with van der Waals surface area (Å²) in [5.74, 6) is -1.22. The van der Waals surface area contributed by atoms with E-state index in [9.17, 15) is 36.3 Å². The van der Waals surface area contributed by atoms with E-state index in [2.05, 4.69) is 25.5 Å². The highest BCUT2D eigenvalue weighted by Crippen LogP contribution is 2.36. The molecule has 48 heavy (non-hydrogen) atoms. The Hall–Kier alpha value is -3.80. The van der Waals surface area contributed by atoms with Crippen molar-refractivity contribution in [2.45, 2.75) is 32.2 Å². The summed E-state index contributed by atoms with van der Waals surface area (Å²) in [6.07, 6.45) is -1.21. The molecule has 0 atom stereocenters. The van der Waals surface area contributed by atoms with Crippen molar-refractivity contribution in [3.8, 4) is 11.3 Å². The monoisotopic (exact) mass is 722 g/mol. The molecule has 19 heteroatoms. The van der Waals surface area contributed by atoms with Crippen molar-refractivity contribution in [3.63, 3.8) is 0 Å². The number of alkyl halides is 5. The molecule has 2 aliphatic rings. The number of hydrogen-bond donors (Lipinski definition) is 2. The molecule has 4 heterocycles. The maximum absolute atomic E-state index is 13.8. The van der Waals surface area contributed by atoms with E-state index in [-0.39, 0.29) is 64.5 Å². The Morgan fingerprint density at radius 2 is 1.77 bits per heavy atom. The fraction of sp³-hybridized carbons (Fsp3) is 0.483. The first-order valence-electron chi connectivity index (χ1n) is 14.8. The van der Waals surface area contributed by atoms with Crippen LogP contribution in [-0.4, -0.2) is 99.3 Å². The van der Waals surface area contributed by atoms with Gasteiger partial charge in [-0.1, -0.05) is 11.6 Å². The predicted octanol–water partition coefficient (Wildman–Crippen LogP) is 4.15. The number of piperazine rings is 1. The highest BCUT2D eigenvalue weighted by molar-refractivity contribution is 6.34. The molecule has 1 aromatic carbocycles. The van der Waals surface area contributed by atoms with Gasteiger partial charge in [-0.05, 0) is 44.1 Å². The van der Waals surface area contributed by atoms with Crippen LogP contribution >= 0.6 is 24.0 Å². The minimum Gasteiger partial charge on any atom is -0.339 e. The highest BCUT2D eigenvalue weighted by atomic mass is 35.5. The van der Waals surface area contributed by atoms with E-state index in [1.807, 2.05) is 0 Å². The van der Waals surface area contributed by atoms with E-state index >= 15 is 0 Å². The number of ether oxygens (including phenoxy) is 1. The molecular weight excluding hydrogens is 690 g/mol. The molecule has 2 N–H and O–H groups in total. The number of carbonyl (C=O) groups excluding carboxylic acids is 3. The largest absolute Gasteiger partial charge is 0.435 e. The van der Waals surface area contributed by atoms with Crippen LogP contribution in [0.25, 0.3) is 11.3 Å². The Morgan fingerprint density at radius 1 is 1.10 bits per heavy atom. The maximum Gasteiger partial charge on any atom is 0.435 e.